The molecule has 0 aliphatic carbocycles. The summed E-state index contributed by atoms with van der Waals surface area (Å²) in [6.45, 7) is 4.20. The largest absolute Gasteiger partial charge is 0.478 e. The van der Waals surface area contributed by atoms with Gasteiger partial charge in [0.25, 0.3) is 0 Å². The van der Waals surface area contributed by atoms with Gasteiger partial charge in [0.1, 0.15) is 0 Å². The molecule has 1 aliphatic heterocycles. The Kier molecular flexibility index (Phi) is 3.97. The summed E-state index contributed by atoms with van der Waals surface area (Å²) in [6, 6.07) is 7.12. The van der Waals surface area contributed by atoms with Crippen LogP contribution in [-0.2, 0) is 4.74 Å². The number of carboxylic acid groups (broad SMARTS) is 1. The summed E-state index contributed by atoms with van der Waals surface area (Å²) in [7, 11) is 0. The summed E-state index contributed by atoms with van der Waals surface area (Å²) in [6.07, 6.45) is 2.35. The zero-order valence-corrected chi connectivity index (χ0v) is 11.5. The lowest BCUT2D eigenvalue weighted by atomic mass is 10.1. The Balaban J connectivity index is 1.97. The van der Waals surface area contributed by atoms with E-state index in [0.717, 1.165) is 23.5 Å². The van der Waals surface area contributed by atoms with E-state index in [-0.39, 0.29) is 11.7 Å². The first-order valence-electron chi connectivity index (χ1n) is 6.11. The molecule has 0 spiro atoms. The molecule has 1 heterocycles. The highest BCUT2D eigenvalue weighted by Crippen LogP contribution is 2.33. The molecular formula is C14H18O3S. The molecule has 1 atom stereocenters. The summed E-state index contributed by atoms with van der Waals surface area (Å²) in [5.74, 6) is -0.0564. The molecule has 0 amide bonds. The molecular weight excluding hydrogens is 248 g/mol. The fourth-order valence-electron chi connectivity index (χ4n) is 2.15. The minimum absolute atomic E-state index is 0.0302. The maximum absolute atomic E-state index is 11.1. The summed E-state index contributed by atoms with van der Waals surface area (Å²) < 4.78 is 5.90. The van der Waals surface area contributed by atoms with Crippen LogP contribution in [0.3, 0.4) is 0 Å². The Morgan fingerprint density at radius 2 is 2.22 bits per heavy atom. The smallest absolute Gasteiger partial charge is 0.336 e. The van der Waals surface area contributed by atoms with Gasteiger partial charge in [-0.3, -0.25) is 0 Å². The van der Waals surface area contributed by atoms with Crippen LogP contribution in [-0.4, -0.2) is 28.5 Å². The molecule has 1 unspecified atom stereocenters. The van der Waals surface area contributed by atoms with E-state index in [1.165, 1.54) is 0 Å². The highest BCUT2D eigenvalue weighted by atomic mass is 32.2. The highest BCUT2D eigenvalue weighted by Gasteiger charge is 2.31. The van der Waals surface area contributed by atoms with Gasteiger partial charge in [0.2, 0.25) is 0 Å². The highest BCUT2D eigenvalue weighted by molar-refractivity contribution is 7.99. The maximum Gasteiger partial charge on any atom is 0.336 e. The van der Waals surface area contributed by atoms with Crippen LogP contribution in [0.15, 0.2) is 29.2 Å². The third-order valence-electron chi connectivity index (χ3n) is 3.10. The standard InChI is InChI=1S/C14H18O3S/c1-14(2)8-7-10(17-14)9-18-12-6-4-3-5-11(12)13(15)16/h3-6,10H,7-9H2,1-2H3,(H,15,16). The summed E-state index contributed by atoms with van der Waals surface area (Å²) in [5, 5.41) is 9.10. The molecule has 1 N–H and O–H groups in total. The Hall–Kier alpha value is -1.00. The summed E-state index contributed by atoms with van der Waals surface area (Å²) in [5.41, 5.74) is 0.345. The van der Waals surface area contributed by atoms with Crippen molar-refractivity contribution in [3.8, 4) is 0 Å². The lowest BCUT2D eigenvalue weighted by molar-refractivity contribution is -0.00468. The molecule has 2 rings (SSSR count). The van der Waals surface area contributed by atoms with Gasteiger partial charge in [0.15, 0.2) is 0 Å². The molecule has 1 aliphatic rings. The van der Waals surface area contributed by atoms with E-state index >= 15 is 0 Å². The third kappa shape index (κ3) is 3.27. The van der Waals surface area contributed by atoms with Gasteiger partial charge >= 0.3 is 5.97 Å². The number of carbonyl (C=O) groups is 1. The first kappa shape index (κ1) is 13.4. The number of carboxylic acids is 1. The zero-order valence-electron chi connectivity index (χ0n) is 10.7. The van der Waals surface area contributed by atoms with Gasteiger partial charge in [-0.1, -0.05) is 12.1 Å². The monoisotopic (exact) mass is 266 g/mol. The lowest BCUT2D eigenvalue weighted by Crippen LogP contribution is -2.21. The van der Waals surface area contributed by atoms with Crippen LogP contribution in [0.2, 0.25) is 0 Å². The average Bonchev–Trinajstić information content (AvgIpc) is 2.66. The van der Waals surface area contributed by atoms with Crippen molar-refractivity contribution in [2.45, 2.75) is 43.3 Å². The van der Waals surface area contributed by atoms with E-state index in [1.807, 2.05) is 12.1 Å². The minimum atomic E-state index is -0.870. The van der Waals surface area contributed by atoms with Gasteiger partial charge in [-0.05, 0) is 38.8 Å². The van der Waals surface area contributed by atoms with Crippen LogP contribution in [0.25, 0.3) is 0 Å². The van der Waals surface area contributed by atoms with Crippen molar-refractivity contribution in [3.63, 3.8) is 0 Å². The van der Waals surface area contributed by atoms with Gasteiger partial charge in [-0.15, -0.1) is 11.8 Å². The second-order valence-corrected chi connectivity index (χ2v) is 6.21. The Bertz CT molecular complexity index is 442. The molecule has 3 nitrogen and oxygen atoms in total. The second-order valence-electron chi connectivity index (χ2n) is 5.15. The fourth-order valence-corrected chi connectivity index (χ4v) is 3.23. The number of hydrogen-bond acceptors (Lipinski definition) is 3. The Labute approximate surface area is 112 Å². The van der Waals surface area contributed by atoms with Crippen molar-refractivity contribution in [1.29, 1.82) is 0 Å². The lowest BCUT2D eigenvalue weighted by Gasteiger charge is -2.19. The molecule has 4 heteroatoms. The molecule has 18 heavy (non-hydrogen) atoms. The van der Waals surface area contributed by atoms with Crippen LogP contribution in [0.1, 0.15) is 37.0 Å². The fraction of sp³-hybridized carbons (Fsp3) is 0.500. The van der Waals surface area contributed by atoms with Gasteiger partial charge in [0, 0.05) is 10.6 Å². The van der Waals surface area contributed by atoms with Crippen molar-refractivity contribution in [1.82, 2.24) is 0 Å². The summed E-state index contributed by atoms with van der Waals surface area (Å²) >= 11 is 1.57. The first-order valence-corrected chi connectivity index (χ1v) is 7.09. The third-order valence-corrected chi connectivity index (χ3v) is 4.30. The predicted molar refractivity (Wildman–Crippen MR) is 72.3 cm³/mol. The second kappa shape index (κ2) is 5.33. The van der Waals surface area contributed by atoms with Crippen LogP contribution >= 0.6 is 11.8 Å². The van der Waals surface area contributed by atoms with Crippen molar-refractivity contribution < 1.29 is 14.6 Å². The molecule has 98 valence electrons. The SMILES string of the molecule is CC1(C)CCC(CSc2ccccc2C(=O)O)O1. The van der Waals surface area contributed by atoms with Crippen molar-refractivity contribution in [2.24, 2.45) is 0 Å². The van der Waals surface area contributed by atoms with Crippen LogP contribution in [0.4, 0.5) is 0 Å². The van der Waals surface area contributed by atoms with E-state index < -0.39 is 5.97 Å². The number of hydrogen-bond donors (Lipinski definition) is 1. The topological polar surface area (TPSA) is 46.5 Å². The number of thioether (sulfide) groups is 1. The van der Waals surface area contributed by atoms with Crippen molar-refractivity contribution >= 4 is 17.7 Å². The molecule has 0 bridgehead atoms. The molecule has 0 radical (unpaired) electrons. The minimum Gasteiger partial charge on any atom is -0.478 e. The van der Waals surface area contributed by atoms with Crippen LogP contribution in [0.5, 0.6) is 0 Å². The van der Waals surface area contributed by atoms with E-state index in [1.54, 1.807) is 23.9 Å². The van der Waals surface area contributed by atoms with Gasteiger partial charge in [-0.2, -0.15) is 0 Å². The average molecular weight is 266 g/mol. The van der Waals surface area contributed by atoms with Crippen LogP contribution in [0, 0.1) is 0 Å². The number of aromatic carboxylic acids is 1. The quantitative estimate of drug-likeness (QED) is 0.848. The van der Waals surface area contributed by atoms with Gasteiger partial charge in [0.05, 0.1) is 17.3 Å². The zero-order chi connectivity index (χ0) is 13.2. The molecule has 1 fully saturated rings. The van der Waals surface area contributed by atoms with E-state index in [2.05, 4.69) is 13.8 Å². The van der Waals surface area contributed by atoms with Crippen molar-refractivity contribution in [3.05, 3.63) is 29.8 Å². The normalized spacial score (nSPS) is 22.0. The Morgan fingerprint density at radius 3 is 2.83 bits per heavy atom. The molecule has 1 aromatic carbocycles. The van der Waals surface area contributed by atoms with E-state index in [0.29, 0.717) is 5.56 Å². The number of rotatable bonds is 4. The predicted octanol–water partition coefficient (Wildman–Crippen LogP) is 3.43. The van der Waals surface area contributed by atoms with Crippen LogP contribution < -0.4 is 0 Å². The summed E-state index contributed by atoms with van der Waals surface area (Å²) in [4.78, 5) is 11.9. The van der Waals surface area contributed by atoms with Crippen molar-refractivity contribution in [2.75, 3.05) is 5.75 Å². The molecule has 1 aromatic rings. The molecule has 0 saturated carbocycles. The Morgan fingerprint density at radius 1 is 1.50 bits per heavy atom. The molecule has 0 aromatic heterocycles. The van der Waals surface area contributed by atoms with E-state index in [4.69, 9.17) is 9.84 Å². The van der Waals surface area contributed by atoms with Gasteiger partial charge < -0.3 is 9.84 Å². The molecule has 1 saturated heterocycles. The van der Waals surface area contributed by atoms with Gasteiger partial charge in [-0.25, -0.2) is 4.79 Å². The van der Waals surface area contributed by atoms with E-state index in [9.17, 15) is 4.79 Å². The maximum atomic E-state index is 11.1. The number of ether oxygens (including phenoxy) is 1. The first-order chi connectivity index (χ1) is 8.48. The number of benzene rings is 1.